The van der Waals surface area contributed by atoms with E-state index in [-0.39, 0.29) is 6.04 Å². The quantitative estimate of drug-likeness (QED) is 0.853. The van der Waals surface area contributed by atoms with Crippen LogP contribution >= 0.6 is 0 Å². The molecule has 0 aromatic heterocycles. The predicted octanol–water partition coefficient (Wildman–Crippen LogP) is 2.69. The summed E-state index contributed by atoms with van der Waals surface area (Å²) in [4.78, 5) is 0.358. The molecule has 1 aromatic carbocycles. The lowest BCUT2D eigenvalue weighted by Crippen LogP contribution is -2.44. The number of aryl methyl sites for hydroxylation is 1. The van der Waals surface area contributed by atoms with Gasteiger partial charge in [0, 0.05) is 18.3 Å². The van der Waals surface area contributed by atoms with Gasteiger partial charge in [-0.1, -0.05) is 6.92 Å². The fraction of sp³-hybridized carbons (Fsp3) is 0.600. The lowest BCUT2D eigenvalue weighted by molar-refractivity contribution is 0.220. The van der Waals surface area contributed by atoms with E-state index < -0.39 is 10.0 Å². The third-order valence-corrected chi connectivity index (χ3v) is 6.35. The third-order valence-electron chi connectivity index (χ3n) is 4.21. The Bertz CT molecular complexity index is 611. The first-order chi connectivity index (χ1) is 9.23. The number of sulfonamides is 1. The van der Waals surface area contributed by atoms with Gasteiger partial charge in [0.25, 0.3) is 0 Å². The molecule has 112 valence electrons. The van der Waals surface area contributed by atoms with Gasteiger partial charge in [0.05, 0.1) is 4.90 Å². The van der Waals surface area contributed by atoms with E-state index in [0.717, 1.165) is 18.4 Å². The van der Waals surface area contributed by atoms with Crippen molar-refractivity contribution in [2.45, 2.75) is 51.5 Å². The Labute approximate surface area is 122 Å². The van der Waals surface area contributed by atoms with Gasteiger partial charge < -0.3 is 5.73 Å². The third kappa shape index (κ3) is 2.69. The van der Waals surface area contributed by atoms with E-state index in [1.54, 1.807) is 17.3 Å². The molecule has 0 spiro atoms. The average Bonchev–Trinajstić information content (AvgIpc) is 2.33. The average molecular weight is 296 g/mol. The van der Waals surface area contributed by atoms with E-state index in [9.17, 15) is 8.42 Å². The molecule has 2 N–H and O–H groups in total. The maximum absolute atomic E-state index is 12.9. The number of rotatable bonds is 2. The Hall–Kier alpha value is -1.07. The summed E-state index contributed by atoms with van der Waals surface area (Å²) < 4.78 is 27.4. The Morgan fingerprint density at radius 1 is 1.25 bits per heavy atom. The molecule has 4 nitrogen and oxygen atoms in total. The van der Waals surface area contributed by atoms with Gasteiger partial charge in [-0.2, -0.15) is 4.31 Å². The number of hydrogen-bond acceptors (Lipinski definition) is 3. The topological polar surface area (TPSA) is 63.4 Å². The van der Waals surface area contributed by atoms with Crippen LogP contribution in [0.2, 0.25) is 0 Å². The SMILES string of the molecule is Cc1cc(N)c(C)c(S(=O)(=O)N2CCC(C)CC2C)c1. The number of nitrogens with zero attached hydrogens (tertiary/aromatic N) is 1. The van der Waals surface area contributed by atoms with Crippen molar-refractivity contribution in [3.63, 3.8) is 0 Å². The molecule has 1 saturated heterocycles. The maximum Gasteiger partial charge on any atom is 0.243 e. The van der Waals surface area contributed by atoms with Crippen LogP contribution in [0.3, 0.4) is 0 Å². The Morgan fingerprint density at radius 2 is 1.90 bits per heavy atom. The molecule has 1 heterocycles. The highest BCUT2D eigenvalue weighted by Gasteiger charge is 2.34. The highest BCUT2D eigenvalue weighted by molar-refractivity contribution is 7.89. The standard InChI is InChI=1S/C15H24N2O2S/c1-10-5-6-17(12(3)7-10)20(18,19)15-9-11(2)8-14(16)13(15)4/h8-10,12H,5-7,16H2,1-4H3. The van der Waals surface area contributed by atoms with Crippen LogP contribution in [-0.2, 0) is 10.0 Å². The van der Waals surface area contributed by atoms with Gasteiger partial charge in [-0.3, -0.25) is 0 Å². The Morgan fingerprint density at radius 3 is 2.50 bits per heavy atom. The summed E-state index contributed by atoms with van der Waals surface area (Å²) in [5.41, 5.74) is 8.00. The zero-order valence-electron chi connectivity index (χ0n) is 12.7. The fourth-order valence-corrected chi connectivity index (χ4v) is 4.99. The van der Waals surface area contributed by atoms with Gasteiger partial charge in [-0.25, -0.2) is 8.42 Å². The Kier molecular flexibility index (Phi) is 4.12. The number of nitrogens with two attached hydrogens (primary N) is 1. The summed E-state index contributed by atoms with van der Waals surface area (Å²) >= 11 is 0. The van der Waals surface area contributed by atoms with Gasteiger partial charge in [0.15, 0.2) is 0 Å². The van der Waals surface area contributed by atoms with Crippen molar-refractivity contribution in [1.82, 2.24) is 4.31 Å². The molecule has 1 fully saturated rings. The van der Waals surface area contributed by atoms with E-state index in [0.29, 0.717) is 28.6 Å². The van der Waals surface area contributed by atoms with E-state index in [1.165, 1.54) is 0 Å². The Balaban J connectivity index is 2.46. The first kappa shape index (κ1) is 15.3. The van der Waals surface area contributed by atoms with Crippen molar-refractivity contribution in [3.8, 4) is 0 Å². The van der Waals surface area contributed by atoms with Crippen molar-refractivity contribution < 1.29 is 8.42 Å². The van der Waals surface area contributed by atoms with Gasteiger partial charge in [0.2, 0.25) is 10.0 Å². The van der Waals surface area contributed by atoms with E-state index >= 15 is 0 Å². The summed E-state index contributed by atoms with van der Waals surface area (Å²) in [6, 6.07) is 3.59. The molecule has 0 aliphatic carbocycles. The number of benzene rings is 1. The first-order valence-corrected chi connectivity index (χ1v) is 8.56. The molecule has 0 bridgehead atoms. The van der Waals surface area contributed by atoms with Crippen molar-refractivity contribution in [2.75, 3.05) is 12.3 Å². The zero-order valence-corrected chi connectivity index (χ0v) is 13.5. The van der Waals surface area contributed by atoms with Crippen LogP contribution in [0.25, 0.3) is 0 Å². The molecule has 2 rings (SSSR count). The second-order valence-electron chi connectivity index (χ2n) is 6.07. The first-order valence-electron chi connectivity index (χ1n) is 7.12. The summed E-state index contributed by atoms with van der Waals surface area (Å²) in [5.74, 6) is 0.583. The summed E-state index contributed by atoms with van der Waals surface area (Å²) in [7, 11) is -3.46. The number of hydrogen-bond donors (Lipinski definition) is 1. The zero-order chi connectivity index (χ0) is 15.1. The van der Waals surface area contributed by atoms with Crippen molar-refractivity contribution in [1.29, 1.82) is 0 Å². The molecular weight excluding hydrogens is 272 g/mol. The van der Waals surface area contributed by atoms with Crippen molar-refractivity contribution in [3.05, 3.63) is 23.3 Å². The molecule has 0 radical (unpaired) electrons. The lowest BCUT2D eigenvalue weighted by Gasteiger charge is -2.35. The normalized spacial score (nSPS) is 24.8. The minimum Gasteiger partial charge on any atom is -0.398 e. The molecule has 1 aliphatic heterocycles. The predicted molar refractivity (Wildman–Crippen MR) is 82.1 cm³/mol. The molecule has 0 amide bonds. The molecule has 2 unspecified atom stereocenters. The van der Waals surface area contributed by atoms with Crippen LogP contribution in [0.4, 0.5) is 5.69 Å². The second-order valence-corrected chi connectivity index (χ2v) is 7.93. The molecule has 0 saturated carbocycles. The maximum atomic E-state index is 12.9. The summed E-state index contributed by atoms with van der Waals surface area (Å²) in [6.45, 7) is 8.41. The molecule has 5 heteroatoms. The van der Waals surface area contributed by atoms with Gasteiger partial charge in [-0.05, 0) is 62.8 Å². The summed E-state index contributed by atoms with van der Waals surface area (Å²) in [5, 5.41) is 0. The highest BCUT2D eigenvalue weighted by atomic mass is 32.2. The largest absolute Gasteiger partial charge is 0.398 e. The van der Waals surface area contributed by atoms with E-state index in [1.807, 2.05) is 19.9 Å². The molecule has 2 atom stereocenters. The van der Waals surface area contributed by atoms with Crippen LogP contribution < -0.4 is 5.73 Å². The molecule has 20 heavy (non-hydrogen) atoms. The van der Waals surface area contributed by atoms with E-state index in [4.69, 9.17) is 5.73 Å². The monoisotopic (exact) mass is 296 g/mol. The molecule has 1 aromatic rings. The summed E-state index contributed by atoms with van der Waals surface area (Å²) in [6.07, 6.45) is 1.84. The van der Waals surface area contributed by atoms with Gasteiger partial charge in [0.1, 0.15) is 0 Å². The van der Waals surface area contributed by atoms with Crippen molar-refractivity contribution in [2.24, 2.45) is 5.92 Å². The van der Waals surface area contributed by atoms with Crippen LogP contribution in [-0.4, -0.2) is 25.3 Å². The van der Waals surface area contributed by atoms with Crippen molar-refractivity contribution >= 4 is 15.7 Å². The number of nitrogen functional groups attached to an aromatic ring is 1. The van der Waals surface area contributed by atoms with Crippen LogP contribution in [0.1, 0.15) is 37.8 Å². The van der Waals surface area contributed by atoms with E-state index in [2.05, 4.69) is 6.92 Å². The van der Waals surface area contributed by atoms with Crippen LogP contribution in [0.15, 0.2) is 17.0 Å². The highest BCUT2D eigenvalue weighted by Crippen LogP contribution is 2.31. The van der Waals surface area contributed by atoms with Crippen LogP contribution in [0.5, 0.6) is 0 Å². The number of anilines is 1. The van der Waals surface area contributed by atoms with Gasteiger partial charge in [-0.15, -0.1) is 0 Å². The smallest absolute Gasteiger partial charge is 0.243 e. The number of piperidine rings is 1. The fourth-order valence-electron chi connectivity index (χ4n) is 2.99. The van der Waals surface area contributed by atoms with Gasteiger partial charge >= 0.3 is 0 Å². The minimum atomic E-state index is -3.46. The second kappa shape index (κ2) is 5.37. The lowest BCUT2D eigenvalue weighted by atomic mass is 9.95. The molecular formula is C15H24N2O2S. The minimum absolute atomic E-state index is 0.0462. The van der Waals surface area contributed by atoms with Crippen LogP contribution in [0, 0.1) is 19.8 Å². The molecule has 1 aliphatic rings.